The van der Waals surface area contributed by atoms with Crippen LogP contribution in [0.1, 0.15) is 54.4 Å². The van der Waals surface area contributed by atoms with Gasteiger partial charge in [-0.05, 0) is 48.0 Å². The molecule has 0 fully saturated rings. The van der Waals surface area contributed by atoms with Gasteiger partial charge >= 0.3 is 5.97 Å². The zero-order valence-corrected chi connectivity index (χ0v) is 15.3. The van der Waals surface area contributed by atoms with Gasteiger partial charge in [0.05, 0.1) is 18.4 Å². The largest absolute Gasteiger partial charge is 0.466 e. The molecular formula is C18H26O6. The normalized spacial score (nSPS) is 11.6. The van der Waals surface area contributed by atoms with Crippen molar-refractivity contribution in [3.05, 3.63) is 12.2 Å². The Balaban J connectivity index is 5.99. The minimum atomic E-state index is -1.79. The van der Waals surface area contributed by atoms with Gasteiger partial charge in [0, 0.05) is 0 Å². The highest BCUT2D eigenvalue weighted by atomic mass is 16.5. The maximum Gasteiger partial charge on any atom is 0.307 e. The highest BCUT2D eigenvalue weighted by Gasteiger charge is 2.48. The smallest absolute Gasteiger partial charge is 0.307 e. The van der Waals surface area contributed by atoms with Crippen LogP contribution < -0.4 is 0 Å². The Morgan fingerprint density at radius 1 is 0.833 bits per heavy atom. The van der Waals surface area contributed by atoms with Crippen LogP contribution in [0.2, 0.25) is 0 Å². The SMILES string of the molecule is C=C(CC(C)(C(C)=O)C(C)=O)C(CC(=O)OCC)(C(C)=O)C(C)=O. The van der Waals surface area contributed by atoms with Crippen molar-refractivity contribution in [2.75, 3.05) is 6.61 Å². The lowest BCUT2D eigenvalue weighted by Gasteiger charge is -2.34. The summed E-state index contributed by atoms with van der Waals surface area (Å²) in [7, 11) is 0. The van der Waals surface area contributed by atoms with Crippen molar-refractivity contribution in [3.8, 4) is 0 Å². The minimum absolute atomic E-state index is 0.0726. The molecule has 0 bridgehead atoms. The molecule has 24 heavy (non-hydrogen) atoms. The maximum absolute atomic E-state index is 12.3. The number of ketones is 4. The lowest BCUT2D eigenvalue weighted by atomic mass is 9.65. The molecule has 0 radical (unpaired) electrons. The number of allylic oxidation sites excluding steroid dienone is 1. The zero-order chi connectivity index (χ0) is 19.3. The Kier molecular flexibility index (Phi) is 7.41. The molecule has 0 aliphatic heterocycles. The van der Waals surface area contributed by atoms with Gasteiger partial charge < -0.3 is 4.74 Å². The summed E-state index contributed by atoms with van der Waals surface area (Å²) >= 11 is 0. The Morgan fingerprint density at radius 3 is 1.54 bits per heavy atom. The fourth-order valence-electron chi connectivity index (χ4n) is 2.62. The molecule has 0 aromatic rings. The predicted molar refractivity (Wildman–Crippen MR) is 88.3 cm³/mol. The molecule has 6 nitrogen and oxygen atoms in total. The second-order valence-electron chi connectivity index (χ2n) is 6.22. The molecule has 0 aliphatic rings. The molecule has 6 heteroatoms. The third-order valence-corrected chi connectivity index (χ3v) is 4.64. The second kappa shape index (κ2) is 8.13. The van der Waals surface area contributed by atoms with E-state index in [-0.39, 0.29) is 18.6 Å². The number of hydrogen-bond acceptors (Lipinski definition) is 6. The van der Waals surface area contributed by atoms with E-state index in [1.165, 1.54) is 34.6 Å². The van der Waals surface area contributed by atoms with Crippen molar-refractivity contribution in [1.29, 1.82) is 0 Å². The summed E-state index contributed by atoms with van der Waals surface area (Å²) in [5.74, 6) is -2.64. The predicted octanol–water partition coefficient (Wildman–Crippen LogP) is 2.23. The summed E-state index contributed by atoms with van der Waals surface area (Å²) < 4.78 is 4.85. The second-order valence-corrected chi connectivity index (χ2v) is 6.22. The number of rotatable bonds is 10. The number of carbonyl (C=O) groups is 5. The molecule has 134 valence electrons. The molecule has 0 rings (SSSR count). The van der Waals surface area contributed by atoms with E-state index in [1.54, 1.807) is 6.92 Å². The van der Waals surface area contributed by atoms with E-state index in [9.17, 15) is 24.0 Å². The molecular weight excluding hydrogens is 312 g/mol. The summed E-state index contributed by atoms with van der Waals surface area (Å²) in [6.07, 6.45) is -0.674. The fraction of sp³-hybridized carbons (Fsp3) is 0.611. The van der Waals surface area contributed by atoms with Crippen LogP contribution in [0.15, 0.2) is 12.2 Å². The molecule has 0 saturated heterocycles. The van der Waals surface area contributed by atoms with Crippen molar-refractivity contribution in [2.45, 2.75) is 54.4 Å². The molecule has 0 spiro atoms. The van der Waals surface area contributed by atoms with Gasteiger partial charge in [-0.2, -0.15) is 0 Å². The molecule has 0 atom stereocenters. The Hall–Kier alpha value is -2.11. The lowest BCUT2D eigenvalue weighted by molar-refractivity contribution is -0.152. The van der Waals surface area contributed by atoms with Crippen LogP contribution in [0.25, 0.3) is 0 Å². The Labute approximate surface area is 142 Å². The standard InChI is InChI=1S/C18H26O6/c1-8-24-16(23)10-18(14(5)21,15(6)22)11(2)9-17(7,12(3)19)13(4)20/h2,8-10H2,1,3-7H3. The molecule has 0 aliphatic carbocycles. The summed E-state index contributed by atoms with van der Waals surface area (Å²) in [5.41, 5.74) is -3.12. The van der Waals surface area contributed by atoms with Gasteiger partial charge in [0.25, 0.3) is 0 Å². The van der Waals surface area contributed by atoms with Crippen LogP contribution in [0, 0.1) is 10.8 Å². The van der Waals surface area contributed by atoms with Crippen LogP contribution in [0.5, 0.6) is 0 Å². The highest BCUT2D eigenvalue weighted by molar-refractivity contribution is 6.11. The van der Waals surface area contributed by atoms with Crippen molar-refractivity contribution in [2.24, 2.45) is 10.8 Å². The first-order valence-corrected chi connectivity index (χ1v) is 7.74. The first-order valence-electron chi connectivity index (χ1n) is 7.74. The number of ether oxygens (including phenoxy) is 1. The van der Waals surface area contributed by atoms with Crippen molar-refractivity contribution >= 4 is 29.1 Å². The molecule has 0 unspecified atom stereocenters. The summed E-state index contributed by atoms with van der Waals surface area (Å²) in [4.78, 5) is 60.2. The van der Waals surface area contributed by atoms with Gasteiger partial charge in [-0.3, -0.25) is 24.0 Å². The summed E-state index contributed by atoms with van der Waals surface area (Å²) in [5, 5.41) is 0. The molecule has 0 aromatic carbocycles. The molecule has 0 heterocycles. The third-order valence-electron chi connectivity index (χ3n) is 4.64. The van der Waals surface area contributed by atoms with E-state index in [4.69, 9.17) is 4.74 Å². The quantitative estimate of drug-likeness (QED) is 0.344. The van der Waals surface area contributed by atoms with Crippen LogP contribution in [-0.4, -0.2) is 35.7 Å². The van der Waals surface area contributed by atoms with Gasteiger partial charge in [0.1, 0.15) is 28.5 Å². The van der Waals surface area contributed by atoms with Crippen LogP contribution in [-0.2, 0) is 28.7 Å². The van der Waals surface area contributed by atoms with Crippen LogP contribution >= 0.6 is 0 Å². The van der Waals surface area contributed by atoms with Gasteiger partial charge in [0.15, 0.2) is 0 Å². The molecule has 0 amide bonds. The molecule has 0 N–H and O–H groups in total. The van der Waals surface area contributed by atoms with E-state index in [1.807, 2.05) is 0 Å². The number of Topliss-reactive ketones (excluding diaryl/α,β-unsaturated/α-hetero) is 4. The van der Waals surface area contributed by atoms with Crippen LogP contribution in [0.3, 0.4) is 0 Å². The molecule has 0 aromatic heterocycles. The number of esters is 1. The Bertz CT molecular complexity index is 556. The minimum Gasteiger partial charge on any atom is -0.466 e. The summed E-state index contributed by atoms with van der Waals surface area (Å²) in [6.45, 7) is 11.8. The van der Waals surface area contributed by atoms with Crippen molar-refractivity contribution in [3.63, 3.8) is 0 Å². The highest BCUT2D eigenvalue weighted by Crippen LogP contribution is 2.41. The first-order chi connectivity index (χ1) is 10.9. The van der Waals surface area contributed by atoms with Gasteiger partial charge in [-0.1, -0.05) is 12.2 Å². The molecule has 0 saturated carbocycles. The van der Waals surface area contributed by atoms with Crippen LogP contribution in [0.4, 0.5) is 0 Å². The van der Waals surface area contributed by atoms with E-state index in [2.05, 4.69) is 6.58 Å². The number of hydrogen-bond donors (Lipinski definition) is 0. The first kappa shape index (κ1) is 21.9. The third kappa shape index (κ3) is 4.24. The van der Waals surface area contributed by atoms with Gasteiger partial charge in [-0.15, -0.1) is 0 Å². The summed E-state index contributed by atoms with van der Waals surface area (Å²) in [6, 6.07) is 0. The van der Waals surface area contributed by atoms with E-state index >= 15 is 0 Å². The number of carbonyl (C=O) groups excluding carboxylic acids is 5. The topological polar surface area (TPSA) is 94.6 Å². The van der Waals surface area contributed by atoms with Crippen molar-refractivity contribution < 1.29 is 28.7 Å². The average molecular weight is 338 g/mol. The fourth-order valence-corrected chi connectivity index (χ4v) is 2.62. The lowest BCUT2D eigenvalue weighted by Crippen LogP contribution is -2.44. The van der Waals surface area contributed by atoms with E-state index in [0.29, 0.717) is 0 Å². The van der Waals surface area contributed by atoms with Crippen molar-refractivity contribution in [1.82, 2.24) is 0 Å². The van der Waals surface area contributed by atoms with Gasteiger partial charge in [0.2, 0.25) is 0 Å². The van der Waals surface area contributed by atoms with E-state index in [0.717, 1.165) is 0 Å². The Morgan fingerprint density at radius 2 is 1.25 bits per heavy atom. The maximum atomic E-state index is 12.3. The van der Waals surface area contributed by atoms with Gasteiger partial charge in [-0.25, -0.2) is 0 Å². The monoisotopic (exact) mass is 338 g/mol. The zero-order valence-electron chi connectivity index (χ0n) is 15.3. The average Bonchev–Trinajstić information content (AvgIpc) is 2.43. The van der Waals surface area contributed by atoms with E-state index < -0.39 is 46.4 Å².